The van der Waals surface area contributed by atoms with Crippen LogP contribution < -0.4 is 26.0 Å². The summed E-state index contributed by atoms with van der Waals surface area (Å²) >= 11 is 0. The van der Waals surface area contributed by atoms with Crippen molar-refractivity contribution >= 4 is 29.1 Å². The molecule has 2 amide bonds. The van der Waals surface area contributed by atoms with E-state index in [4.69, 9.17) is 24.9 Å². The molecule has 3 atom stereocenters. The molecule has 4 N–H and O–H groups in total. The van der Waals surface area contributed by atoms with E-state index in [2.05, 4.69) is 43.0 Å². The van der Waals surface area contributed by atoms with Gasteiger partial charge in [-0.25, -0.2) is 9.79 Å². The maximum atomic E-state index is 13.6. The predicted octanol–water partition coefficient (Wildman–Crippen LogP) is 6.33. The fraction of sp³-hybridized carbons (Fsp3) is 0.513. The van der Waals surface area contributed by atoms with Gasteiger partial charge in [0.15, 0.2) is 11.9 Å². The SMILES string of the molecule is CC(C)(C)C(N)=CC(=Nc1cnn(CCOC2CCCCO2)c1)NC(=O)NC1CCC(Oc2ccc3nnc(N4CCCCC4)n3c2)c2ccccc21. The molecular formula is C39H52N10O4. The van der Waals surface area contributed by atoms with E-state index in [9.17, 15) is 4.79 Å². The topological polar surface area (TPSA) is 158 Å². The van der Waals surface area contributed by atoms with Crippen molar-refractivity contribution in [3.8, 4) is 5.75 Å². The zero-order valence-corrected chi connectivity index (χ0v) is 31.0. The molecule has 1 aromatic carbocycles. The Morgan fingerprint density at radius 3 is 2.64 bits per heavy atom. The number of rotatable bonds is 10. The summed E-state index contributed by atoms with van der Waals surface area (Å²) < 4.78 is 22.0. The first-order chi connectivity index (χ1) is 25.7. The van der Waals surface area contributed by atoms with Crippen LogP contribution in [0.5, 0.6) is 5.75 Å². The number of urea groups is 1. The van der Waals surface area contributed by atoms with Crippen LogP contribution in [0.15, 0.2) is 71.8 Å². The van der Waals surface area contributed by atoms with Gasteiger partial charge in [-0.2, -0.15) is 5.10 Å². The highest BCUT2D eigenvalue weighted by molar-refractivity contribution is 6.05. The highest BCUT2D eigenvalue weighted by Gasteiger charge is 2.30. The summed E-state index contributed by atoms with van der Waals surface area (Å²) in [5.74, 6) is 1.92. The molecule has 5 heterocycles. The van der Waals surface area contributed by atoms with Crippen LogP contribution in [0.25, 0.3) is 5.65 Å². The van der Waals surface area contributed by atoms with Crippen LogP contribution in [0.2, 0.25) is 0 Å². The fourth-order valence-electron chi connectivity index (χ4n) is 6.99. The van der Waals surface area contributed by atoms with E-state index in [-0.39, 0.29) is 29.9 Å². The molecule has 3 unspecified atom stereocenters. The number of hydrogen-bond donors (Lipinski definition) is 3. The lowest BCUT2D eigenvalue weighted by Gasteiger charge is -2.32. The van der Waals surface area contributed by atoms with E-state index < -0.39 is 0 Å². The number of nitrogens with two attached hydrogens (primary N) is 1. The Hall–Kier alpha value is -4.95. The molecule has 0 radical (unpaired) electrons. The first-order valence-electron chi connectivity index (χ1n) is 18.9. The zero-order valence-electron chi connectivity index (χ0n) is 31.0. The van der Waals surface area contributed by atoms with Crippen molar-refractivity contribution in [2.24, 2.45) is 16.1 Å². The van der Waals surface area contributed by atoms with Crippen molar-refractivity contribution in [3.05, 3.63) is 77.9 Å². The van der Waals surface area contributed by atoms with Crippen molar-refractivity contribution in [1.82, 2.24) is 35.0 Å². The second kappa shape index (κ2) is 16.4. The molecule has 1 aliphatic carbocycles. The minimum atomic E-state index is -0.377. The minimum absolute atomic E-state index is 0.153. The van der Waals surface area contributed by atoms with Crippen molar-refractivity contribution in [2.45, 2.75) is 97.1 Å². The van der Waals surface area contributed by atoms with Crippen molar-refractivity contribution in [1.29, 1.82) is 0 Å². The highest BCUT2D eigenvalue weighted by atomic mass is 16.7. The average Bonchev–Trinajstić information content (AvgIpc) is 3.79. The van der Waals surface area contributed by atoms with Gasteiger partial charge in [0.1, 0.15) is 23.4 Å². The summed E-state index contributed by atoms with van der Waals surface area (Å²) in [6.07, 6.45) is 14.9. The molecular weight excluding hydrogens is 672 g/mol. The fourth-order valence-corrected chi connectivity index (χ4v) is 6.99. The molecule has 2 saturated heterocycles. The lowest BCUT2D eigenvalue weighted by atomic mass is 9.85. The van der Waals surface area contributed by atoms with Crippen LogP contribution in [-0.2, 0) is 16.0 Å². The van der Waals surface area contributed by atoms with E-state index >= 15 is 0 Å². The van der Waals surface area contributed by atoms with E-state index in [0.717, 1.165) is 86.7 Å². The van der Waals surface area contributed by atoms with Gasteiger partial charge in [0.25, 0.3) is 0 Å². The molecule has 3 aromatic heterocycles. The smallest absolute Gasteiger partial charge is 0.320 e. The molecule has 2 aliphatic heterocycles. The zero-order chi connectivity index (χ0) is 36.8. The Labute approximate surface area is 310 Å². The molecule has 2 fully saturated rings. The van der Waals surface area contributed by atoms with Crippen LogP contribution >= 0.6 is 0 Å². The first-order valence-corrected chi connectivity index (χ1v) is 18.9. The van der Waals surface area contributed by atoms with Gasteiger partial charge >= 0.3 is 6.03 Å². The Kier molecular flexibility index (Phi) is 11.3. The van der Waals surface area contributed by atoms with Gasteiger partial charge in [-0.15, -0.1) is 10.2 Å². The van der Waals surface area contributed by atoms with Crippen molar-refractivity contribution in [2.75, 3.05) is 31.2 Å². The van der Waals surface area contributed by atoms with Gasteiger partial charge < -0.3 is 30.2 Å². The molecule has 7 rings (SSSR count). The van der Waals surface area contributed by atoms with E-state index in [1.165, 1.54) is 6.42 Å². The number of aromatic nitrogens is 5. The van der Waals surface area contributed by atoms with Gasteiger partial charge in [0.05, 0.1) is 37.8 Å². The number of fused-ring (bicyclic) bond motifs is 2. The number of ether oxygens (including phenoxy) is 3. The molecule has 4 aromatic rings. The lowest BCUT2D eigenvalue weighted by molar-refractivity contribution is -0.163. The second-order valence-electron chi connectivity index (χ2n) is 15.1. The quantitative estimate of drug-likeness (QED) is 0.126. The Morgan fingerprint density at radius 1 is 1.02 bits per heavy atom. The van der Waals surface area contributed by atoms with Crippen LogP contribution in [0.1, 0.15) is 95.4 Å². The number of allylic oxidation sites excluding steroid dienone is 1. The molecule has 282 valence electrons. The number of carbonyl (C=O) groups excluding carboxylic acids is 1. The maximum absolute atomic E-state index is 13.6. The monoisotopic (exact) mass is 724 g/mol. The van der Waals surface area contributed by atoms with Crippen molar-refractivity contribution < 1.29 is 19.0 Å². The van der Waals surface area contributed by atoms with E-state index in [1.54, 1.807) is 17.0 Å². The Bertz CT molecular complexity index is 1920. The summed E-state index contributed by atoms with van der Waals surface area (Å²) in [6.45, 7) is 9.78. The first kappa shape index (κ1) is 36.4. The number of piperidine rings is 1. The summed E-state index contributed by atoms with van der Waals surface area (Å²) in [5.41, 5.74) is 10.2. The second-order valence-corrected chi connectivity index (χ2v) is 15.1. The van der Waals surface area contributed by atoms with Crippen LogP contribution in [0.4, 0.5) is 16.4 Å². The van der Waals surface area contributed by atoms with E-state index in [0.29, 0.717) is 36.8 Å². The number of benzene rings is 1. The summed E-state index contributed by atoms with van der Waals surface area (Å²) in [6, 6.07) is 11.4. The Morgan fingerprint density at radius 2 is 1.85 bits per heavy atom. The average molecular weight is 725 g/mol. The van der Waals surface area contributed by atoms with Gasteiger partial charge in [-0.05, 0) is 74.6 Å². The Balaban J connectivity index is 1.02. The van der Waals surface area contributed by atoms with Gasteiger partial charge in [0.2, 0.25) is 5.95 Å². The van der Waals surface area contributed by atoms with Gasteiger partial charge in [-0.1, -0.05) is 45.0 Å². The number of nitrogens with one attached hydrogen (secondary N) is 2. The number of pyridine rings is 1. The number of anilines is 1. The summed E-state index contributed by atoms with van der Waals surface area (Å²) in [5, 5.41) is 19.5. The predicted molar refractivity (Wildman–Crippen MR) is 203 cm³/mol. The minimum Gasteiger partial charge on any atom is -0.484 e. The molecule has 0 bridgehead atoms. The molecule has 53 heavy (non-hydrogen) atoms. The number of amides is 2. The third-order valence-electron chi connectivity index (χ3n) is 10.0. The molecule has 14 nitrogen and oxygen atoms in total. The van der Waals surface area contributed by atoms with Gasteiger partial charge in [0, 0.05) is 36.9 Å². The highest BCUT2D eigenvalue weighted by Crippen LogP contribution is 2.39. The lowest BCUT2D eigenvalue weighted by Crippen LogP contribution is -2.42. The number of carbonyl (C=O) groups is 1. The molecule has 14 heteroatoms. The standard InChI is InChI=1S/C39H52N10O4/c1-39(2,3)33(40)23-34(42-27-24-41-48(25-27)20-22-52-36-13-7-10-21-51-36)44-37(50)43-31-15-16-32(30-12-6-5-11-29(30)31)53-28-14-17-35-45-46-38(49(35)26-28)47-18-8-4-9-19-47/h5-6,11-12,14,17,23-26,31-32,36H,4,7-10,13,15-16,18-22,40H2,1-3H3,(H2,42,43,44,50). The van der Waals surface area contributed by atoms with E-state index in [1.807, 2.05) is 61.8 Å². The van der Waals surface area contributed by atoms with Crippen LogP contribution in [0.3, 0.4) is 0 Å². The summed E-state index contributed by atoms with van der Waals surface area (Å²) in [4.78, 5) is 20.6. The van der Waals surface area contributed by atoms with Gasteiger partial charge in [-0.3, -0.25) is 14.4 Å². The maximum Gasteiger partial charge on any atom is 0.320 e. The summed E-state index contributed by atoms with van der Waals surface area (Å²) in [7, 11) is 0. The molecule has 0 spiro atoms. The number of amidine groups is 1. The molecule has 3 aliphatic rings. The largest absolute Gasteiger partial charge is 0.484 e. The van der Waals surface area contributed by atoms with Crippen LogP contribution in [0, 0.1) is 5.41 Å². The number of aliphatic imine (C=N–C) groups is 1. The third-order valence-corrected chi connectivity index (χ3v) is 10.0. The normalized spacial score (nSPS) is 21.3. The van der Waals surface area contributed by atoms with Crippen molar-refractivity contribution in [3.63, 3.8) is 0 Å². The molecule has 0 saturated carbocycles. The third kappa shape index (κ3) is 9.17. The number of nitrogens with zero attached hydrogens (tertiary/aromatic N) is 7. The van der Waals surface area contributed by atoms with Crippen LogP contribution in [-0.4, -0.2) is 68.8 Å². The number of hydrogen-bond acceptors (Lipinski definition) is 10.